The summed E-state index contributed by atoms with van der Waals surface area (Å²) in [6.07, 6.45) is 6.03. The van der Waals surface area contributed by atoms with Crippen LogP contribution in [0.4, 0.5) is 5.00 Å². The molecule has 0 aliphatic heterocycles. The number of aromatic carboxylic acids is 1. The van der Waals surface area contributed by atoms with Crippen LogP contribution in [0, 0.1) is 18.3 Å². The summed E-state index contributed by atoms with van der Waals surface area (Å²) < 4.78 is 11.4. The van der Waals surface area contributed by atoms with Gasteiger partial charge in [0, 0.05) is 10.4 Å². The third-order valence-corrected chi connectivity index (χ3v) is 8.63. The summed E-state index contributed by atoms with van der Waals surface area (Å²) in [4.78, 5) is 30.9. The van der Waals surface area contributed by atoms with Crippen molar-refractivity contribution >= 4 is 34.4 Å². The molecule has 0 bridgehead atoms. The molecular weight excluding hydrogens is 512 g/mol. The van der Waals surface area contributed by atoms with E-state index in [4.69, 9.17) is 13.8 Å². The zero-order valence-electron chi connectivity index (χ0n) is 22.5. The van der Waals surface area contributed by atoms with Gasteiger partial charge in [-0.1, -0.05) is 32.9 Å². The minimum absolute atomic E-state index is 0.161. The van der Waals surface area contributed by atoms with E-state index in [2.05, 4.69) is 26.1 Å². The molecule has 0 radical (unpaired) electrons. The minimum atomic E-state index is -0.976. The molecule has 0 saturated heterocycles. The van der Waals surface area contributed by atoms with Crippen LogP contribution in [0.3, 0.4) is 0 Å². The summed E-state index contributed by atoms with van der Waals surface area (Å²) in [5, 5.41) is 13.1. The summed E-state index contributed by atoms with van der Waals surface area (Å²) in [5.41, 5.74) is 3.49. The summed E-state index contributed by atoms with van der Waals surface area (Å²) in [6, 6.07) is 12.4. The number of benzene rings is 1. The van der Waals surface area contributed by atoms with E-state index in [1.807, 2.05) is 12.1 Å². The van der Waals surface area contributed by atoms with Crippen LogP contribution in [-0.4, -0.2) is 23.2 Å². The van der Waals surface area contributed by atoms with Crippen LogP contribution in [-0.2, 0) is 19.4 Å². The van der Waals surface area contributed by atoms with Crippen molar-refractivity contribution in [3.8, 4) is 11.3 Å². The molecule has 1 amide bonds. The lowest BCUT2D eigenvalue weighted by Crippen LogP contribution is -2.28. The topological polar surface area (TPSA) is 105 Å². The molecular formula is C31H32N2O5S. The first-order valence-corrected chi connectivity index (χ1v) is 13.9. The number of rotatable bonds is 7. The lowest BCUT2D eigenvalue weighted by atomic mass is 9.72. The number of nitrogens with one attached hydrogen (secondary N) is 1. The third-order valence-electron chi connectivity index (χ3n) is 7.47. The summed E-state index contributed by atoms with van der Waals surface area (Å²) in [6.45, 7) is 8.89. The van der Waals surface area contributed by atoms with E-state index in [1.54, 1.807) is 61.1 Å². The Morgan fingerprint density at radius 1 is 1.18 bits per heavy atom. The number of nitrogens with zero attached hydrogens (tertiary/aromatic N) is 1. The molecule has 202 valence electrons. The SMILES string of the molecule is Cc1c(C(=O)O)cccc1-c1ccc(C=Nc2sc3c(c2C(=O)NCc2ccco2)CC[C@@H](C(C)(C)C)C3)o1. The molecule has 0 spiro atoms. The van der Waals surface area contributed by atoms with E-state index in [1.165, 1.54) is 4.88 Å². The predicted octanol–water partition coefficient (Wildman–Crippen LogP) is 7.44. The van der Waals surface area contributed by atoms with E-state index in [-0.39, 0.29) is 16.9 Å². The van der Waals surface area contributed by atoms with Gasteiger partial charge in [-0.05, 0) is 79.0 Å². The number of carboxylic acid groups (broad SMARTS) is 1. The lowest BCUT2D eigenvalue weighted by Gasteiger charge is -2.33. The molecule has 0 saturated carbocycles. The van der Waals surface area contributed by atoms with Crippen molar-refractivity contribution in [2.75, 3.05) is 0 Å². The number of furan rings is 2. The molecule has 3 heterocycles. The highest BCUT2D eigenvalue weighted by molar-refractivity contribution is 7.16. The number of carboxylic acids is 1. The third kappa shape index (κ3) is 5.61. The van der Waals surface area contributed by atoms with Crippen LogP contribution in [0.2, 0.25) is 0 Å². The maximum absolute atomic E-state index is 13.4. The van der Waals surface area contributed by atoms with Crippen LogP contribution in [0.25, 0.3) is 11.3 Å². The van der Waals surface area contributed by atoms with Gasteiger partial charge in [-0.2, -0.15) is 0 Å². The Kier molecular flexibility index (Phi) is 7.32. The molecule has 1 aromatic carbocycles. The number of hydrogen-bond acceptors (Lipinski definition) is 6. The van der Waals surface area contributed by atoms with Gasteiger partial charge < -0.3 is 19.3 Å². The molecule has 1 aliphatic rings. The number of carbonyl (C=O) groups is 2. The predicted molar refractivity (Wildman–Crippen MR) is 152 cm³/mol. The standard InChI is InChI=1S/C31H32N2O5S/c1-18-22(8-5-9-23(18)30(35)36)25-13-11-21(38-25)17-33-29-27(28(34)32-16-20-7-6-14-37-20)24-12-10-19(31(2,3)4)15-26(24)39-29/h5-9,11,13-14,17,19H,10,12,15-16H2,1-4H3,(H,32,34)(H,35,36)/t19-/m1/s1. The first-order chi connectivity index (χ1) is 18.6. The summed E-state index contributed by atoms with van der Waals surface area (Å²) in [5.74, 6) is 1.17. The van der Waals surface area contributed by atoms with Crippen molar-refractivity contribution in [2.45, 2.75) is 53.5 Å². The number of amides is 1. The first-order valence-electron chi connectivity index (χ1n) is 13.0. The quantitative estimate of drug-likeness (QED) is 0.235. The van der Waals surface area contributed by atoms with Crippen LogP contribution in [0.15, 0.2) is 62.6 Å². The molecule has 8 heteroatoms. The monoisotopic (exact) mass is 544 g/mol. The van der Waals surface area contributed by atoms with Gasteiger partial charge in [-0.15, -0.1) is 11.3 Å². The number of aliphatic imine (C=N–C) groups is 1. The maximum atomic E-state index is 13.4. The minimum Gasteiger partial charge on any atom is -0.478 e. The van der Waals surface area contributed by atoms with Gasteiger partial charge >= 0.3 is 5.97 Å². The molecule has 0 fully saturated rings. The van der Waals surface area contributed by atoms with Gasteiger partial charge in [-0.25, -0.2) is 9.79 Å². The molecule has 39 heavy (non-hydrogen) atoms. The Labute approximate surface area is 231 Å². The second-order valence-electron chi connectivity index (χ2n) is 11.0. The highest BCUT2D eigenvalue weighted by Crippen LogP contribution is 2.45. The fraction of sp³-hybridized carbons (Fsp3) is 0.323. The van der Waals surface area contributed by atoms with Crippen LogP contribution >= 0.6 is 11.3 Å². The highest BCUT2D eigenvalue weighted by Gasteiger charge is 2.33. The smallest absolute Gasteiger partial charge is 0.335 e. The molecule has 2 N–H and O–H groups in total. The Balaban J connectivity index is 1.44. The normalized spacial score (nSPS) is 15.4. The Bertz CT molecular complexity index is 1540. The number of thiophene rings is 1. The molecule has 1 atom stereocenters. The molecule has 7 nitrogen and oxygen atoms in total. The van der Waals surface area contributed by atoms with E-state index >= 15 is 0 Å². The van der Waals surface area contributed by atoms with Crippen molar-refractivity contribution < 1.29 is 23.5 Å². The van der Waals surface area contributed by atoms with Gasteiger partial charge in [0.2, 0.25) is 0 Å². The molecule has 3 aromatic heterocycles. The number of hydrogen-bond donors (Lipinski definition) is 2. The van der Waals surface area contributed by atoms with Crippen molar-refractivity contribution in [3.05, 3.63) is 87.4 Å². The number of fused-ring (bicyclic) bond motifs is 1. The lowest BCUT2D eigenvalue weighted by molar-refractivity contribution is 0.0696. The van der Waals surface area contributed by atoms with Crippen LogP contribution in [0.1, 0.15) is 75.4 Å². The fourth-order valence-electron chi connectivity index (χ4n) is 5.13. The summed E-state index contributed by atoms with van der Waals surface area (Å²) in [7, 11) is 0. The van der Waals surface area contributed by atoms with Crippen molar-refractivity contribution in [1.29, 1.82) is 0 Å². The van der Waals surface area contributed by atoms with E-state index in [0.29, 0.717) is 51.4 Å². The average Bonchev–Trinajstić information content (AvgIpc) is 3.65. The maximum Gasteiger partial charge on any atom is 0.335 e. The van der Waals surface area contributed by atoms with Gasteiger partial charge in [0.1, 0.15) is 22.3 Å². The second-order valence-corrected chi connectivity index (χ2v) is 12.1. The Morgan fingerprint density at radius 3 is 2.72 bits per heavy atom. The van der Waals surface area contributed by atoms with E-state index < -0.39 is 5.97 Å². The van der Waals surface area contributed by atoms with Gasteiger partial charge in [0.05, 0.1) is 30.1 Å². The molecule has 5 rings (SSSR count). The van der Waals surface area contributed by atoms with Crippen molar-refractivity contribution in [1.82, 2.24) is 5.32 Å². The second kappa shape index (κ2) is 10.7. The van der Waals surface area contributed by atoms with Crippen LogP contribution < -0.4 is 5.32 Å². The summed E-state index contributed by atoms with van der Waals surface area (Å²) >= 11 is 1.57. The molecule has 1 aliphatic carbocycles. The average molecular weight is 545 g/mol. The Hall–Kier alpha value is -3.91. The van der Waals surface area contributed by atoms with E-state index in [9.17, 15) is 14.7 Å². The zero-order valence-corrected chi connectivity index (χ0v) is 23.4. The fourth-order valence-corrected chi connectivity index (χ4v) is 6.40. The van der Waals surface area contributed by atoms with Gasteiger partial charge in [-0.3, -0.25) is 4.79 Å². The highest BCUT2D eigenvalue weighted by atomic mass is 32.1. The van der Waals surface area contributed by atoms with Gasteiger partial charge in [0.15, 0.2) is 0 Å². The zero-order chi connectivity index (χ0) is 27.7. The Morgan fingerprint density at radius 2 is 2.00 bits per heavy atom. The van der Waals surface area contributed by atoms with Crippen molar-refractivity contribution in [3.63, 3.8) is 0 Å². The van der Waals surface area contributed by atoms with Crippen molar-refractivity contribution in [2.24, 2.45) is 16.3 Å². The number of carbonyl (C=O) groups excluding carboxylic acids is 1. The molecule has 0 unspecified atom stereocenters. The largest absolute Gasteiger partial charge is 0.478 e. The molecule has 4 aromatic rings. The van der Waals surface area contributed by atoms with Gasteiger partial charge in [0.25, 0.3) is 5.91 Å². The van der Waals surface area contributed by atoms with Crippen LogP contribution in [0.5, 0.6) is 0 Å². The van der Waals surface area contributed by atoms with E-state index in [0.717, 1.165) is 24.8 Å². The first kappa shape index (κ1) is 26.7.